The molecular formula is C18H16FNO2. The van der Waals surface area contributed by atoms with Crippen LogP contribution >= 0.6 is 0 Å². The highest BCUT2D eigenvalue weighted by Gasteiger charge is 2.63. The van der Waals surface area contributed by atoms with E-state index in [4.69, 9.17) is 4.74 Å². The number of para-hydroxylation sites is 1. The van der Waals surface area contributed by atoms with Gasteiger partial charge in [0.15, 0.2) is 0 Å². The van der Waals surface area contributed by atoms with Crippen LogP contribution in [0.15, 0.2) is 60.7 Å². The number of carbonyl (C=O) groups is 1. The zero-order valence-electron chi connectivity index (χ0n) is 12.0. The lowest BCUT2D eigenvalue weighted by molar-refractivity contribution is 0.167. The largest absolute Gasteiger partial charge is 0.446 e. The summed E-state index contributed by atoms with van der Waals surface area (Å²) in [6.45, 7) is 0.190. The second-order valence-electron chi connectivity index (χ2n) is 5.87. The summed E-state index contributed by atoms with van der Waals surface area (Å²) in [7, 11) is 0. The predicted octanol–water partition coefficient (Wildman–Crippen LogP) is 3.90. The van der Waals surface area contributed by atoms with Crippen molar-refractivity contribution in [3.63, 3.8) is 0 Å². The first-order chi connectivity index (χ1) is 10.7. The van der Waals surface area contributed by atoms with E-state index < -0.39 is 17.8 Å². The summed E-state index contributed by atoms with van der Waals surface area (Å²) in [5.74, 6) is -0.221. The first-order valence-corrected chi connectivity index (χ1v) is 7.45. The van der Waals surface area contributed by atoms with Crippen molar-refractivity contribution in [1.82, 2.24) is 0 Å². The smallest absolute Gasteiger partial charge is 0.415 e. The van der Waals surface area contributed by atoms with Gasteiger partial charge in [0, 0.05) is 11.6 Å². The van der Waals surface area contributed by atoms with Gasteiger partial charge in [-0.15, -0.1) is 0 Å². The van der Waals surface area contributed by atoms with E-state index in [0.29, 0.717) is 6.42 Å². The third-order valence-corrected chi connectivity index (χ3v) is 4.61. The number of carbonyl (C=O) groups excluding carboxylic acids is 1. The second-order valence-corrected chi connectivity index (χ2v) is 5.87. The maximum atomic E-state index is 14.0. The molecule has 1 saturated heterocycles. The monoisotopic (exact) mass is 297 g/mol. The fraction of sp³-hybridized carbons (Fsp3) is 0.278. The number of cyclic esters (lactones) is 1. The summed E-state index contributed by atoms with van der Waals surface area (Å²) in [6.07, 6.45) is -0.829. The van der Waals surface area contributed by atoms with Gasteiger partial charge in [-0.25, -0.2) is 9.18 Å². The van der Waals surface area contributed by atoms with Gasteiger partial charge in [-0.2, -0.15) is 0 Å². The van der Waals surface area contributed by atoms with E-state index in [2.05, 4.69) is 0 Å². The molecule has 0 N–H and O–H groups in total. The number of halogens is 1. The van der Waals surface area contributed by atoms with Gasteiger partial charge in [-0.1, -0.05) is 48.5 Å². The number of hydrogen-bond acceptors (Lipinski definition) is 2. The molecule has 2 aliphatic rings. The van der Waals surface area contributed by atoms with Crippen LogP contribution in [0.25, 0.3) is 0 Å². The third-order valence-electron chi connectivity index (χ3n) is 4.61. The molecule has 1 amide bonds. The number of amides is 1. The Morgan fingerprint density at radius 2 is 1.64 bits per heavy atom. The molecule has 0 radical (unpaired) electrons. The molecule has 2 aromatic rings. The second kappa shape index (κ2) is 4.83. The standard InChI is InChI=1S/C18H16FNO2/c19-16-11-15(16)18(13-7-3-1-4-8-13)12-22-17(21)20(18)14-9-5-2-6-10-14/h1-10,15-16H,11-12H2. The summed E-state index contributed by atoms with van der Waals surface area (Å²) in [5, 5.41) is 0. The van der Waals surface area contributed by atoms with E-state index >= 15 is 0 Å². The van der Waals surface area contributed by atoms with Gasteiger partial charge < -0.3 is 4.74 Å². The van der Waals surface area contributed by atoms with Crippen LogP contribution in [-0.4, -0.2) is 18.9 Å². The van der Waals surface area contributed by atoms with Crippen molar-refractivity contribution in [2.24, 2.45) is 5.92 Å². The number of hydrogen-bond donors (Lipinski definition) is 0. The SMILES string of the molecule is O=C1OCC(c2ccccc2)(C2CC2F)N1c1ccccc1. The Bertz CT molecular complexity index is 691. The van der Waals surface area contributed by atoms with Gasteiger partial charge in [0.1, 0.15) is 18.3 Å². The van der Waals surface area contributed by atoms with Crippen molar-refractivity contribution in [2.45, 2.75) is 18.1 Å². The van der Waals surface area contributed by atoms with E-state index in [1.54, 1.807) is 4.90 Å². The lowest BCUT2D eigenvalue weighted by atomic mass is 9.84. The van der Waals surface area contributed by atoms with Crippen molar-refractivity contribution in [3.8, 4) is 0 Å². The summed E-state index contributed by atoms with van der Waals surface area (Å²) >= 11 is 0. The Labute approximate surface area is 128 Å². The Morgan fingerprint density at radius 1 is 1.05 bits per heavy atom. The van der Waals surface area contributed by atoms with Crippen LogP contribution < -0.4 is 4.90 Å². The minimum Gasteiger partial charge on any atom is -0.446 e. The Balaban J connectivity index is 1.88. The average molecular weight is 297 g/mol. The van der Waals surface area contributed by atoms with Crippen LogP contribution in [-0.2, 0) is 10.3 Å². The molecule has 3 nitrogen and oxygen atoms in total. The summed E-state index contributed by atoms with van der Waals surface area (Å²) in [4.78, 5) is 14.0. The average Bonchev–Trinajstić information content (AvgIpc) is 3.19. The third kappa shape index (κ3) is 1.83. The van der Waals surface area contributed by atoms with Crippen molar-refractivity contribution >= 4 is 11.8 Å². The molecule has 1 aliphatic heterocycles. The van der Waals surface area contributed by atoms with Crippen molar-refractivity contribution < 1.29 is 13.9 Å². The Kier molecular flexibility index (Phi) is 2.93. The fourth-order valence-corrected chi connectivity index (χ4v) is 3.46. The summed E-state index contributed by atoms with van der Waals surface area (Å²) in [6, 6.07) is 19.0. The van der Waals surface area contributed by atoms with E-state index in [-0.39, 0.29) is 12.5 Å². The highest BCUT2D eigenvalue weighted by atomic mass is 19.1. The van der Waals surface area contributed by atoms with E-state index in [0.717, 1.165) is 11.3 Å². The van der Waals surface area contributed by atoms with Gasteiger partial charge in [0.05, 0.1) is 0 Å². The first kappa shape index (κ1) is 13.3. The van der Waals surface area contributed by atoms with Crippen molar-refractivity contribution in [2.75, 3.05) is 11.5 Å². The number of nitrogens with zero attached hydrogens (tertiary/aromatic N) is 1. The van der Waals surface area contributed by atoms with Gasteiger partial charge in [-0.3, -0.25) is 4.90 Å². The van der Waals surface area contributed by atoms with Crippen LogP contribution in [0.5, 0.6) is 0 Å². The van der Waals surface area contributed by atoms with Gasteiger partial charge >= 0.3 is 6.09 Å². The van der Waals surface area contributed by atoms with Gasteiger partial charge in [0.25, 0.3) is 0 Å². The maximum Gasteiger partial charge on any atom is 0.415 e. The fourth-order valence-electron chi connectivity index (χ4n) is 3.46. The van der Waals surface area contributed by atoms with Crippen LogP contribution in [0.4, 0.5) is 14.9 Å². The molecule has 3 unspecified atom stereocenters. The highest BCUT2D eigenvalue weighted by Crippen LogP contribution is 2.54. The van der Waals surface area contributed by atoms with Crippen molar-refractivity contribution in [3.05, 3.63) is 66.2 Å². The molecule has 22 heavy (non-hydrogen) atoms. The van der Waals surface area contributed by atoms with Crippen molar-refractivity contribution in [1.29, 1.82) is 0 Å². The molecule has 0 aromatic heterocycles. The molecular weight excluding hydrogens is 281 g/mol. The minimum absolute atomic E-state index is 0.190. The van der Waals surface area contributed by atoms with Crippen LogP contribution in [0.2, 0.25) is 0 Å². The van der Waals surface area contributed by atoms with E-state index in [1.165, 1.54) is 0 Å². The zero-order chi connectivity index (χ0) is 15.2. The quantitative estimate of drug-likeness (QED) is 0.860. The number of ether oxygens (including phenoxy) is 1. The number of anilines is 1. The molecule has 0 spiro atoms. The Morgan fingerprint density at radius 3 is 2.23 bits per heavy atom. The lowest BCUT2D eigenvalue weighted by Gasteiger charge is -2.36. The molecule has 112 valence electrons. The molecule has 3 atom stereocenters. The molecule has 0 bridgehead atoms. The van der Waals surface area contributed by atoms with E-state index in [1.807, 2.05) is 60.7 Å². The highest BCUT2D eigenvalue weighted by molar-refractivity contribution is 5.92. The predicted molar refractivity (Wildman–Crippen MR) is 81.4 cm³/mol. The molecule has 4 heteroatoms. The summed E-state index contributed by atoms with van der Waals surface area (Å²) in [5.41, 5.74) is 0.918. The topological polar surface area (TPSA) is 29.5 Å². The minimum atomic E-state index is -0.888. The van der Waals surface area contributed by atoms with Crippen LogP contribution in [0.3, 0.4) is 0 Å². The van der Waals surface area contributed by atoms with Crippen LogP contribution in [0, 0.1) is 5.92 Å². The lowest BCUT2D eigenvalue weighted by Crippen LogP contribution is -2.47. The molecule has 2 aromatic carbocycles. The van der Waals surface area contributed by atoms with Gasteiger partial charge in [-0.05, 0) is 24.1 Å². The summed E-state index contributed by atoms with van der Waals surface area (Å²) < 4.78 is 19.3. The number of rotatable bonds is 3. The number of alkyl halides is 1. The zero-order valence-corrected chi connectivity index (χ0v) is 12.0. The molecule has 2 fully saturated rings. The van der Waals surface area contributed by atoms with E-state index in [9.17, 15) is 9.18 Å². The molecule has 1 aliphatic carbocycles. The molecule has 4 rings (SSSR count). The maximum absolute atomic E-state index is 14.0. The van der Waals surface area contributed by atoms with Gasteiger partial charge in [0.2, 0.25) is 0 Å². The normalized spacial score (nSPS) is 30.2. The van der Waals surface area contributed by atoms with Crippen LogP contribution in [0.1, 0.15) is 12.0 Å². The molecule has 1 heterocycles. The first-order valence-electron chi connectivity index (χ1n) is 7.45. The Hall–Kier alpha value is -2.36. The molecule has 1 saturated carbocycles. The number of benzene rings is 2.